The van der Waals surface area contributed by atoms with Gasteiger partial charge in [-0.1, -0.05) is 6.07 Å². The van der Waals surface area contributed by atoms with Gasteiger partial charge in [0.05, 0.1) is 30.4 Å². The lowest BCUT2D eigenvalue weighted by atomic mass is 10.3. The Balaban J connectivity index is 2.63. The van der Waals surface area contributed by atoms with E-state index in [2.05, 4.69) is 0 Å². The minimum absolute atomic E-state index is 0.0882. The number of ether oxygens (including phenoxy) is 1. The summed E-state index contributed by atoms with van der Waals surface area (Å²) >= 11 is 0. The van der Waals surface area contributed by atoms with Gasteiger partial charge in [0.2, 0.25) is 5.91 Å². The summed E-state index contributed by atoms with van der Waals surface area (Å²) in [7, 11) is 1.72. The van der Waals surface area contributed by atoms with Crippen LogP contribution in [0.1, 0.15) is 6.42 Å². The second-order valence-electron chi connectivity index (χ2n) is 3.89. The maximum Gasteiger partial charge on any atom is 0.235 e. The van der Waals surface area contributed by atoms with Gasteiger partial charge in [0, 0.05) is 18.5 Å². The van der Waals surface area contributed by atoms with Gasteiger partial charge in [-0.25, -0.2) is 0 Å². The van der Waals surface area contributed by atoms with Crippen LogP contribution in [-0.4, -0.2) is 41.5 Å². The molecule has 0 fully saturated rings. The molecule has 102 valence electrons. The molecule has 0 aliphatic rings. The molecular formula is C13H16N2O3S. The molecule has 0 aromatic heterocycles. The van der Waals surface area contributed by atoms with Gasteiger partial charge in [0.25, 0.3) is 0 Å². The van der Waals surface area contributed by atoms with E-state index in [4.69, 9.17) is 10.00 Å². The van der Waals surface area contributed by atoms with Crippen molar-refractivity contribution in [3.8, 4) is 11.8 Å². The van der Waals surface area contributed by atoms with Crippen LogP contribution in [0.25, 0.3) is 0 Å². The lowest BCUT2D eigenvalue weighted by molar-refractivity contribution is -0.127. The standard InChI is InChI=1S/C13H16N2O3S/c1-15(8-4-7-14)13(16)10-19(17)12-6-3-5-11(9-12)18-2/h3,5-6,9H,4,8,10H2,1-2H3. The molecule has 19 heavy (non-hydrogen) atoms. The molecule has 0 heterocycles. The van der Waals surface area contributed by atoms with E-state index in [9.17, 15) is 9.00 Å². The molecule has 5 nitrogen and oxygen atoms in total. The molecule has 0 saturated heterocycles. The number of rotatable bonds is 6. The largest absolute Gasteiger partial charge is 0.497 e. The number of methoxy groups -OCH3 is 1. The van der Waals surface area contributed by atoms with E-state index in [1.54, 1.807) is 31.3 Å². The molecule has 6 heteroatoms. The first-order valence-electron chi connectivity index (χ1n) is 5.72. The number of hydrogen-bond acceptors (Lipinski definition) is 4. The Morgan fingerprint density at radius 1 is 1.53 bits per heavy atom. The molecule has 0 bridgehead atoms. The molecule has 0 aliphatic heterocycles. The molecule has 1 aromatic carbocycles. The van der Waals surface area contributed by atoms with Crippen molar-refractivity contribution in [1.82, 2.24) is 4.90 Å². The number of benzene rings is 1. The average molecular weight is 280 g/mol. The highest BCUT2D eigenvalue weighted by molar-refractivity contribution is 7.85. The third kappa shape index (κ3) is 4.72. The summed E-state index contributed by atoms with van der Waals surface area (Å²) < 4.78 is 17.1. The smallest absolute Gasteiger partial charge is 0.235 e. The molecule has 0 radical (unpaired) electrons. The maximum atomic E-state index is 12.0. The Morgan fingerprint density at radius 3 is 2.89 bits per heavy atom. The van der Waals surface area contributed by atoms with E-state index >= 15 is 0 Å². The Hall–Kier alpha value is -1.87. The van der Waals surface area contributed by atoms with Crippen LogP contribution in [0, 0.1) is 11.3 Å². The summed E-state index contributed by atoms with van der Waals surface area (Å²) in [6.45, 7) is 0.352. The molecular weight excluding hydrogens is 264 g/mol. The molecule has 1 atom stereocenters. The van der Waals surface area contributed by atoms with E-state index < -0.39 is 10.8 Å². The molecule has 0 aliphatic carbocycles. The van der Waals surface area contributed by atoms with Gasteiger partial charge in [-0.3, -0.25) is 9.00 Å². The normalized spacial score (nSPS) is 11.4. The fourth-order valence-corrected chi connectivity index (χ4v) is 2.48. The number of carbonyl (C=O) groups excluding carboxylic acids is 1. The van der Waals surface area contributed by atoms with Crippen molar-refractivity contribution in [2.24, 2.45) is 0 Å². The van der Waals surface area contributed by atoms with Crippen molar-refractivity contribution >= 4 is 16.7 Å². The SMILES string of the molecule is COc1cccc(S(=O)CC(=O)N(C)CCC#N)c1. The third-order valence-corrected chi connectivity index (χ3v) is 3.83. The zero-order valence-electron chi connectivity index (χ0n) is 11.0. The molecule has 0 spiro atoms. The quantitative estimate of drug-likeness (QED) is 0.784. The number of hydrogen-bond donors (Lipinski definition) is 0. The van der Waals surface area contributed by atoms with Crippen molar-refractivity contribution in [1.29, 1.82) is 5.26 Å². The van der Waals surface area contributed by atoms with Crippen molar-refractivity contribution in [3.63, 3.8) is 0 Å². The number of nitrogens with zero attached hydrogens (tertiary/aromatic N) is 2. The van der Waals surface area contributed by atoms with Crippen molar-refractivity contribution < 1.29 is 13.7 Å². The van der Waals surface area contributed by atoms with E-state index in [1.165, 1.54) is 12.0 Å². The van der Waals surface area contributed by atoms with Crippen LogP contribution in [-0.2, 0) is 15.6 Å². The van der Waals surface area contributed by atoms with Crippen LogP contribution >= 0.6 is 0 Å². The third-order valence-electron chi connectivity index (χ3n) is 2.54. The van der Waals surface area contributed by atoms with Crippen LogP contribution in [0.3, 0.4) is 0 Å². The Kier molecular flexibility index (Phi) is 6.03. The molecule has 0 saturated carbocycles. The zero-order chi connectivity index (χ0) is 14.3. The lowest BCUT2D eigenvalue weighted by Gasteiger charge is -2.15. The highest BCUT2D eigenvalue weighted by Gasteiger charge is 2.14. The Bertz CT molecular complexity index is 511. The first-order valence-corrected chi connectivity index (χ1v) is 7.03. The fourth-order valence-electron chi connectivity index (χ4n) is 1.39. The molecule has 0 N–H and O–H groups in total. The first kappa shape index (κ1) is 15.2. The van der Waals surface area contributed by atoms with Crippen LogP contribution in [0.4, 0.5) is 0 Å². The van der Waals surface area contributed by atoms with Gasteiger partial charge < -0.3 is 9.64 Å². The lowest BCUT2D eigenvalue weighted by Crippen LogP contribution is -2.31. The van der Waals surface area contributed by atoms with Gasteiger partial charge in [0.1, 0.15) is 11.5 Å². The van der Waals surface area contributed by atoms with Gasteiger partial charge in [0.15, 0.2) is 0 Å². The van der Waals surface area contributed by atoms with Gasteiger partial charge in [-0.2, -0.15) is 5.26 Å². The van der Waals surface area contributed by atoms with Crippen LogP contribution in [0.15, 0.2) is 29.2 Å². The maximum absolute atomic E-state index is 12.0. The van der Waals surface area contributed by atoms with E-state index in [0.29, 0.717) is 17.2 Å². The highest BCUT2D eigenvalue weighted by atomic mass is 32.2. The minimum atomic E-state index is -1.41. The van der Waals surface area contributed by atoms with Crippen molar-refractivity contribution in [2.45, 2.75) is 11.3 Å². The molecule has 1 amide bonds. The van der Waals surface area contributed by atoms with Crippen molar-refractivity contribution in [2.75, 3.05) is 26.5 Å². The Labute approximate surface area is 115 Å². The summed E-state index contributed by atoms with van der Waals surface area (Å²) in [5, 5.41) is 8.45. The average Bonchev–Trinajstić information content (AvgIpc) is 2.44. The Morgan fingerprint density at radius 2 is 2.26 bits per heavy atom. The van der Waals surface area contributed by atoms with Crippen LogP contribution < -0.4 is 4.74 Å². The topological polar surface area (TPSA) is 70.4 Å². The molecule has 1 unspecified atom stereocenters. The molecule has 1 rings (SSSR count). The van der Waals surface area contributed by atoms with Gasteiger partial charge in [-0.15, -0.1) is 0 Å². The van der Waals surface area contributed by atoms with E-state index in [-0.39, 0.29) is 18.1 Å². The van der Waals surface area contributed by atoms with Crippen LogP contribution in [0.2, 0.25) is 0 Å². The van der Waals surface area contributed by atoms with Gasteiger partial charge >= 0.3 is 0 Å². The number of amides is 1. The summed E-state index contributed by atoms with van der Waals surface area (Å²) in [6, 6.07) is 8.80. The predicted octanol–water partition coefficient (Wildman–Crippen LogP) is 1.17. The first-order chi connectivity index (χ1) is 9.08. The monoisotopic (exact) mass is 280 g/mol. The second kappa shape index (κ2) is 7.54. The summed E-state index contributed by atoms with van der Waals surface area (Å²) in [6.07, 6.45) is 0.272. The highest BCUT2D eigenvalue weighted by Crippen LogP contribution is 2.16. The van der Waals surface area contributed by atoms with Crippen LogP contribution in [0.5, 0.6) is 5.75 Å². The number of nitriles is 1. The van der Waals surface area contributed by atoms with Crippen molar-refractivity contribution in [3.05, 3.63) is 24.3 Å². The zero-order valence-corrected chi connectivity index (χ0v) is 11.8. The summed E-state index contributed by atoms with van der Waals surface area (Å²) in [5.41, 5.74) is 0. The summed E-state index contributed by atoms with van der Waals surface area (Å²) in [4.78, 5) is 13.8. The minimum Gasteiger partial charge on any atom is -0.497 e. The fraction of sp³-hybridized carbons (Fsp3) is 0.385. The second-order valence-corrected chi connectivity index (χ2v) is 5.34. The molecule has 1 aromatic rings. The van der Waals surface area contributed by atoms with E-state index in [1.807, 2.05) is 6.07 Å². The van der Waals surface area contributed by atoms with Gasteiger partial charge in [-0.05, 0) is 18.2 Å². The van der Waals surface area contributed by atoms with E-state index in [0.717, 1.165) is 0 Å². The predicted molar refractivity (Wildman–Crippen MR) is 72.1 cm³/mol. The summed E-state index contributed by atoms with van der Waals surface area (Å²) in [5.74, 6) is 0.280. The number of carbonyl (C=O) groups is 1.